The zero-order valence-electron chi connectivity index (χ0n) is 43.0. The Balaban J connectivity index is 4.47. The molecule has 0 N–H and O–H groups in total. The highest BCUT2D eigenvalue weighted by atomic mass is 16.6. The van der Waals surface area contributed by atoms with E-state index in [1.807, 2.05) is 0 Å². The van der Waals surface area contributed by atoms with Crippen molar-refractivity contribution in [3.8, 4) is 0 Å². The summed E-state index contributed by atoms with van der Waals surface area (Å²) in [6.07, 6.45) is 66.4. The first-order chi connectivity index (χ1) is 32.0. The predicted octanol–water partition coefficient (Wildman–Crippen LogP) is 18.4. The smallest absolute Gasteiger partial charge is 0.306 e. The highest BCUT2D eigenvalue weighted by molar-refractivity contribution is 5.71. The number of ether oxygens (including phenoxy) is 3. The van der Waals surface area contributed by atoms with Crippen LogP contribution >= 0.6 is 0 Å². The molecule has 0 amide bonds. The molecule has 0 aromatic heterocycles. The van der Waals surface area contributed by atoms with Crippen molar-refractivity contribution in [1.82, 2.24) is 0 Å². The van der Waals surface area contributed by atoms with E-state index < -0.39 is 6.10 Å². The lowest BCUT2D eigenvalue weighted by Crippen LogP contribution is -2.30. The van der Waals surface area contributed by atoms with Crippen LogP contribution in [0, 0.1) is 0 Å². The van der Waals surface area contributed by atoms with Crippen molar-refractivity contribution in [3.63, 3.8) is 0 Å². The normalized spacial score (nSPS) is 12.5. The van der Waals surface area contributed by atoms with Crippen molar-refractivity contribution < 1.29 is 28.6 Å². The second kappa shape index (κ2) is 53.7. The van der Waals surface area contributed by atoms with Gasteiger partial charge in [-0.2, -0.15) is 0 Å². The maximum Gasteiger partial charge on any atom is 0.306 e. The molecule has 0 heterocycles. The number of unbranched alkanes of at least 4 members (excludes halogenated alkanes) is 29. The zero-order valence-corrected chi connectivity index (χ0v) is 43.0. The van der Waals surface area contributed by atoms with E-state index in [1.165, 1.54) is 161 Å². The highest BCUT2D eigenvalue weighted by Crippen LogP contribution is 2.15. The Kier molecular flexibility index (Phi) is 51.3. The third-order valence-corrected chi connectivity index (χ3v) is 12.0. The monoisotopic (exact) mass is 909 g/mol. The zero-order chi connectivity index (χ0) is 47.2. The van der Waals surface area contributed by atoms with Crippen LogP contribution in [-0.2, 0) is 28.6 Å². The first-order valence-electron chi connectivity index (χ1n) is 27.8. The van der Waals surface area contributed by atoms with Gasteiger partial charge in [0.25, 0.3) is 0 Å². The molecular weight excluding hydrogens is 805 g/mol. The molecule has 0 aliphatic carbocycles. The molecule has 0 rings (SSSR count). The maximum absolute atomic E-state index is 12.8. The van der Waals surface area contributed by atoms with E-state index in [0.29, 0.717) is 19.3 Å². The number of hydrogen-bond acceptors (Lipinski definition) is 6. The van der Waals surface area contributed by atoms with Gasteiger partial charge in [-0.05, 0) is 83.5 Å². The van der Waals surface area contributed by atoms with E-state index in [0.717, 1.165) is 70.6 Å². The Morgan fingerprint density at radius 3 is 0.954 bits per heavy atom. The molecule has 0 aromatic carbocycles. The number of carbonyl (C=O) groups is 3. The molecule has 6 heteroatoms. The fourth-order valence-corrected chi connectivity index (χ4v) is 7.78. The number of carbonyl (C=O) groups excluding carboxylic acids is 3. The van der Waals surface area contributed by atoms with Crippen molar-refractivity contribution in [3.05, 3.63) is 60.8 Å². The van der Waals surface area contributed by atoms with Crippen LogP contribution in [0.15, 0.2) is 60.8 Å². The van der Waals surface area contributed by atoms with Crippen LogP contribution in [0.4, 0.5) is 0 Å². The summed E-state index contributed by atoms with van der Waals surface area (Å²) in [6, 6.07) is 0. The van der Waals surface area contributed by atoms with Gasteiger partial charge in [-0.3, -0.25) is 14.4 Å². The molecule has 0 fully saturated rings. The summed E-state index contributed by atoms with van der Waals surface area (Å²) in [4.78, 5) is 38.1. The summed E-state index contributed by atoms with van der Waals surface area (Å²) < 4.78 is 16.8. The van der Waals surface area contributed by atoms with Gasteiger partial charge in [-0.15, -0.1) is 0 Å². The molecule has 0 spiro atoms. The summed E-state index contributed by atoms with van der Waals surface area (Å²) in [5.74, 6) is -0.952. The van der Waals surface area contributed by atoms with Gasteiger partial charge in [-0.25, -0.2) is 0 Å². The van der Waals surface area contributed by atoms with Crippen LogP contribution in [0.2, 0.25) is 0 Å². The van der Waals surface area contributed by atoms with Crippen LogP contribution in [0.5, 0.6) is 0 Å². The second-order valence-electron chi connectivity index (χ2n) is 18.5. The molecule has 1 atom stereocenters. The number of rotatable bonds is 50. The van der Waals surface area contributed by atoms with E-state index >= 15 is 0 Å². The van der Waals surface area contributed by atoms with Crippen molar-refractivity contribution in [2.45, 2.75) is 284 Å². The van der Waals surface area contributed by atoms with Gasteiger partial charge >= 0.3 is 17.9 Å². The minimum Gasteiger partial charge on any atom is -0.462 e. The van der Waals surface area contributed by atoms with Crippen LogP contribution in [0.3, 0.4) is 0 Å². The van der Waals surface area contributed by atoms with Crippen LogP contribution in [0.25, 0.3) is 0 Å². The Morgan fingerprint density at radius 1 is 0.308 bits per heavy atom. The van der Waals surface area contributed by atoms with Crippen molar-refractivity contribution in [2.75, 3.05) is 13.2 Å². The van der Waals surface area contributed by atoms with E-state index in [9.17, 15) is 14.4 Å². The van der Waals surface area contributed by atoms with Gasteiger partial charge in [0.2, 0.25) is 0 Å². The van der Waals surface area contributed by atoms with Gasteiger partial charge in [0.1, 0.15) is 13.2 Å². The molecule has 0 bridgehead atoms. The molecule has 376 valence electrons. The Morgan fingerprint density at radius 2 is 0.569 bits per heavy atom. The molecule has 0 saturated carbocycles. The predicted molar refractivity (Wildman–Crippen MR) is 279 cm³/mol. The lowest BCUT2D eigenvalue weighted by molar-refractivity contribution is -0.167. The average molecular weight is 909 g/mol. The number of esters is 3. The highest BCUT2D eigenvalue weighted by Gasteiger charge is 2.19. The SMILES string of the molecule is CCCCC/C=C\C/C=C\C/C=C\C/C=C\CCCC(=O)O[C@H](COC(=O)CCCCCCC/C=C\CCCCCCCC)COC(=O)CCCCCCCCCCCCCCCCC. The Hall–Kier alpha value is -2.89. The van der Waals surface area contributed by atoms with Gasteiger partial charge in [0, 0.05) is 19.3 Å². The lowest BCUT2D eigenvalue weighted by Gasteiger charge is -2.18. The fourth-order valence-electron chi connectivity index (χ4n) is 7.78. The van der Waals surface area contributed by atoms with E-state index in [2.05, 4.69) is 81.5 Å². The molecule has 0 radical (unpaired) electrons. The standard InChI is InChI=1S/C59H104O6/c1-4-7-10-13-16-19-22-25-28-29-32-35-38-41-44-47-50-53-59(62)65-56(54-63-57(60)51-48-45-42-39-36-33-30-26-23-20-17-14-11-8-5-2)55-64-58(61)52-49-46-43-40-37-34-31-27-24-21-18-15-12-9-6-3/h16,19,25-26,28,30,32,35,41,44,56H,4-15,17-18,20-24,27,29,31,33-34,36-40,42-43,45-55H2,1-3H3/b19-16-,28-25-,30-26-,35-32-,44-41-/t56-/m1/s1. The van der Waals surface area contributed by atoms with E-state index in [-0.39, 0.29) is 37.5 Å². The topological polar surface area (TPSA) is 78.9 Å². The van der Waals surface area contributed by atoms with Crippen LogP contribution < -0.4 is 0 Å². The minimum absolute atomic E-state index is 0.0961. The summed E-state index contributed by atoms with van der Waals surface area (Å²) >= 11 is 0. The Bertz CT molecular complexity index is 1180. The van der Waals surface area contributed by atoms with Gasteiger partial charge in [-0.1, -0.05) is 236 Å². The van der Waals surface area contributed by atoms with Gasteiger partial charge in [0.05, 0.1) is 0 Å². The van der Waals surface area contributed by atoms with Crippen molar-refractivity contribution in [1.29, 1.82) is 0 Å². The third-order valence-electron chi connectivity index (χ3n) is 12.0. The first kappa shape index (κ1) is 62.1. The van der Waals surface area contributed by atoms with Crippen LogP contribution in [-0.4, -0.2) is 37.2 Å². The summed E-state index contributed by atoms with van der Waals surface area (Å²) in [6.45, 7) is 6.57. The summed E-state index contributed by atoms with van der Waals surface area (Å²) in [5.41, 5.74) is 0. The molecule has 0 unspecified atom stereocenters. The molecule has 0 aliphatic heterocycles. The maximum atomic E-state index is 12.8. The fraction of sp³-hybridized carbons (Fsp3) is 0.780. The summed E-state index contributed by atoms with van der Waals surface area (Å²) in [7, 11) is 0. The summed E-state index contributed by atoms with van der Waals surface area (Å²) in [5, 5.41) is 0. The number of hydrogen-bond donors (Lipinski definition) is 0. The molecule has 0 saturated heterocycles. The van der Waals surface area contributed by atoms with Crippen molar-refractivity contribution in [2.24, 2.45) is 0 Å². The van der Waals surface area contributed by atoms with Crippen molar-refractivity contribution >= 4 is 17.9 Å². The van der Waals surface area contributed by atoms with Gasteiger partial charge in [0.15, 0.2) is 6.10 Å². The quantitative estimate of drug-likeness (QED) is 0.0262. The van der Waals surface area contributed by atoms with E-state index in [4.69, 9.17) is 14.2 Å². The molecule has 0 aliphatic rings. The van der Waals surface area contributed by atoms with Crippen LogP contribution in [0.1, 0.15) is 278 Å². The Labute approximate surface area is 402 Å². The number of allylic oxidation sites excluding steroid dienone is 10. The molecule has 65 heavy (non-hydrogen) atoms. The minimum atomic E-state index is -0.804. The second-order valence-corrected chi connectivity index (χ2v) is 18.5. The third kappa shape index (κ3) is 51.9. The first-order valence-corrected chi connectivity index (χ1v) is 27.8. The lowest BCUT2D eigenvalue weighted by atomic mass is 10.0. The van der Waals surface area contributed by atoms with E-state index in [1.54, 1.807) is 0 Å². The van der Waals surface area contributed by atoms with Gasteiger partial charge < -0.3 is 14.2 Å². The largest absolute Gasteiger partial charge is 0.462 e. The molecular formula is C59H104O6. The molecule has 0 aromatic rings. The molecule has 6 nitrogen and oxygen atoms in total. The average Bonchev–Trinajstić information content (AvgIpc) is 3.30.